The van der Waals surface area contributed by atoms with Crippen molar-refractivity contribution >= 4 is 29.0 Å². The molecule has 0 spiro atoms. The molecule has 5 nitrogen and oxygen atoms in total. The number of amides is 2. The second-order valence-electron chi connectivity index (χ2n) is 6.94. The van der Waals surface area contributed by atoms with E-state index in [1.54, 1.807) is 19.2 Å². The molecule has 0 N–H and O–H groups in total. The highest BCUT2D eigenvalue weighted by molar-refractivity contribution is 6.36. The Morgan fingerprint density at radius 2 is 1.64 bits per heavy atom. The Labute approximate surface area is 169 Å². The van der Waals surface area contributed by atoms with Gasteiger partial charge in [-0.05, 0) is 36.6 Å². The van der Waals surface area contributed by atoms with Crippen LogP contribution in [-0.4, -0.2) is 41.8 Å². The van der Waals surface area contributed by atoms with Crippen LogP contribution in [0, 0.1) is 0 Å². The number of likely N-dealkylation sites (tertiary alicyclic amines) is 1. The number of benzene rings is 2. The van der Waals surface area contributed by atoms with Crippen molar-refractivity contribution in [2.24, 2.45) is 0 Å². The summed E-state index contributed by atoms with van der Waals surface area (Å²) >= 11 is 5.96. The Hall–Kier alpha value is -2.79. The molecule has 4 rings (SSSR count). The van der Waals surface area contributed by atoms with Gasteiger partial charge in [0, 0.05) is 23.7 Å². The van der Waals surface area contributed by atoms with Gasteiger partial charge in [0.25, 0.3) is 11.8 Å². The van der Waals surface area contributed by atoms with E-state index in [1.165, 1.54) is 4.90 Å². The van der Waals surface area contributed by atoms with Crippen molar-refractivity contribution in [2.75, 3.05) is 20.2 Å². The Morgan fingerprint density at radius 1 is 0.964 bits per heavy atom. The van der Waals surface area contributed by atoms with E-state index in [2.05, 4.69) is 0 Å². The highest BCUT2D eigenvalue weighted by Crippen LogP contribution is 2.37. The predicted octanol–water partition coefficient (Wildman–Crippen LogP) is 3.72. The first kappa shape index (κ1) is 18.6. The Morgan fingerprint density at radius 3 is 2.32 bits per heavy atom. The molecule has 2 aromatic rings. The van der Waals surface area contributed by atoms with Crippen molar-refractivity contribution in [3.8, 4) is 5.75 Å². The van der Waals surface area contributed by atoms with Crippen LogP contribution in [0.25, 0.3) is 5.57 Å². The van der Waals surface area contributed by atoms with Crippen LogP contribution in [0.1, 0.15) is 24.0 Å². The average molecular weight is 397 g/mol. The minimum absolute atomic E-state index is 0.213. The summed E-state index contributed by atoms with van der Waals surface area (Å²) in [4.78, 5) is 30.0. The Bertz CT molecular complexity index is 947. The number of ether oxygens (including phenoxy) is 1. The zero-order valence-electron chi connectivity index (χ0n) is 15.7. The zero-order valence-corrected chi connectivity index (χ0v) is 16.4. The number of nitrogens with zero attached hydrogens (tertiary/aromatic N) is 2. The van der Waals surface area contributed by atoms with E-state index in [9.17, 15) is 9.59 Å². The molecule has 0 atom stereocenters. The van der Waals surface area contributed by atoms with Crippen molar-refractivity contribution in [1.82, 2.24) is 9.80 Å². The summed E-state index contributed by atoms with van der Waals surface area (Å²) in [5.41, 5.74) is 2.43. The van der Waals surface area contributed by atoms with Crippen LogP contribution in [0.3, 0.4) is 0 Å². The van der Waals surface area contributed by atoms with E-state index in [4.69, 9.17) is 16.3 Å². The van der Waals surface area contributed by atoms with Crippen molar-refractivity contribution in [2.45, 2.75) is 19.4 Å². The fourth-order valence-electron chi connectivity index (χ4n) is 3.81. The summed E-state index contributed by atoms with van der Waals surface area (Å²) in [7, 11) is 1.57. The summed E-state index contributed by atoms with van der Waals surface area (Å²) in [5, 5.41) is 0.619. The number of rotatable bonds is 5. The maximum absolute atomic E-state index is 13.4. The number of halogens is 1. The third-order valence-corrected chi connectivity index (χ3v) is 5.45. The van der Waals surface area contributed by atoms with E-state index >= 15 is 0 Å². The SMILES string of the molecule is COc1ccccc1C1=C(N2CCCC2)C(=O)N(Cc2ccc(Cl)cc2)C1=O. The molecule has 1 fully saturated rings. The third kappa shape index (κ3) is 3.27. The van der Waals surface area contributed by atoms with Gasteiger partial charge in [-0.25, -0.2) is 0 Å². The van der Waals surface area contributed by atoms with Crippen LogP contribution in [0.5, 0.6) is 5.75 Å². The van der Waals surface area contributed by atoms with Crippen molar-refractivity contribution in [1.29, 1.82) is 0 Å². The van der Waals surface area contributed by atoms with Crippen molar-refractivity contribution in [3.05, 3.63) is 70.4 Å². The van der Waals surface area contributed by atoms with E-state index in [0.29, 0.717) is 27.6 Å². The molecule has 2 heterocycles. The zero-order chi connectivity index (χ0) is 19.7. The lowest BCUT2D eigenvalue weighted by Gasteiger charge is -2.20. The van der Waals surface area contributed by atoms with Crippen molar-refractivity contribution < 1.29 is 14.3 Å². The van der Waals surface area contributed by atoms with Gasteiger partial charge in [-0.2, -0.15) is 0 Å². The molecule has 2 amide bonds. The lowest BCUT2D eigenvalue weighted by molar-refractivity contribution is -0.138. The largest absolute Gasteiger partial charge is 0.496 e. The maximum Gasteiger partial charge on any atom is 0.278 e. The summed E-state index contributed by atoms with van der Waals surface area (Å²) in [6, 6.07) is 14.5. The average Bonchev–Trinajstić information content (AvgIpc) is 3.32. The smallest absolute Gasteiger partial charge is 0.278 e. The van der Waals surface area contributed by atoms with Gasteiger partial charge in [0.2, 0.25) is 0 Å². The van der Waals surface area contributed by atoms with Crippen LogP contribution in [0.4, 0.5) is 0 Å². The van der Waals surface area contributed by atoms with Gasteiger partial charge >= 0.3 is 0 Å². The van der Waals surface area contributed by atoms with Gasteiger partial charge < -0.3 is 9.64 Å². The molecule has 0 bridgehead atoms. The van der Waals surface area contributed by atoms with E-state index in [-0.39, 0.29) is 18.4 Å². The Kier molecular flexibility index (Phi) is 5.09. The molecule has 0 radical (unpaired) electrons. The summed E-state index contributed by atoms with van der Waals surface area (Å²) < 4.78 is 5.47. The molecule has 2 aromatic carbocycles. The fourth-order valence-corrected chi connectivity index (χ4v) is 3.93. The molecule has 0 aliphatic carbocycles. The number of carbonyl (C=O) groups excluding carboxylic acids is 2. The van der Waals surface area contributed by atoms with Crippen LogP contribution < -0.4 is 4.74 Å². The van der Waals surface area contributed by atoms with Crippen LogP contribution in [0.2, 0.25) is 5.02 Å². The molecule has 0 unspecified atom stereocenters. The fraction of sp³-hybridized carbons (Fsp3) is 0.273. The molecule has 6 heteroatoms. The van der Waals surface area contributed by atoms with E-state index in [1.807, 2.05) is 41.3 Å². The number of methoxy groups -OCH3 is 1. The standard InChI is InChI=1S/C22H21ClN2O3/c1-28-18-7-3-2-6-17(18)19-20(24-12-4-5-13-24)22(27)25(21(19)26)14-15-8-10-16(23)11-9-15/h2-3,6-11H,4-5,12-14H2,1H3. The first-order valence-corrected chi connectivity index (χ1v) is 9.71. The molecule has 144 valence electrons. The topological polar surface area (TPSA) is 49.9 Å². The third-order valence-electron chi connectivity index (χ3n) is 5.20. The molecule has 0 aromatic heterocycles. The highest BCUT2D eigenvalue weighted by Gasteiger charge is 2.42. The normalized spacial score (nSPS) is 17.1. The van der Waals surface area contributed by atoms with E-state index in [0.717, 1.165) is 31.5 Å². The summed E-state index contributed by atoms with van der Waals surface area (Å²) in [6.45, 7) is 1.77. The minimum Gasteiger partial charge on any atom is -0.496 e. The molecule has 1 saturated heterocycles. The van der Waals surface area contributed by atoms with Gasteiger partial charge in [-0.3, -0.25) is 14.5 Å². The molecule has 0 saturated carbocycles. The van der Waals surface area contributed by atoms with Gasteiger partial charge in [-0.1, -0.05) is 41.9 Å². The molecule has 2 aliphatic heterocycles. The van der Waals surface area contributed by atoms with Gasteiger partial charge in [0.15, 0.2) is 0 Å². The second kappa shape index (κ2) is 7.68. The quantitative estimate of drug-likeness (QED) is 0.723. The number of hydrogen-bond acceptors (Lipinski definition) is 4. The summed E-state index contributed by atoms with van der Waals surface area (Å²) in [6.07, 6.45) is 2.03. The van der Waals surface area contributed by atoms with Crippen molar-refractivity contribution in [3.63, 3.8) is 0 Å². The predicted molar refractivity (Wildman–Crippen MR) is 108 cm³/mol. The number of hydrogen-bond donors (Lipinski definition) is 0. The first-order valence-electron chi connectivity index (χ1n) is 9.33. The lowest BCUT2D eigenvalue weighted by atomic mass is 10.0. The number of imide groups is 1. The first-order chi connectivity index (χ1) is 13.6. The Balaban J connectivity index is 1.76. The van der Waals surface area contributed by atoms with E-state index < -0.39 is 0 Å². The number of carbonyl (C=O) groups is 2. The monoisotopic (exact) mass is 396 g/mol. The van der Waals surface area contributed by atoms with Crippen LogP contribution >= 0.6 is 11.6 Å². The van der Waals surface area contributed by atoms with Crippen LogP contribution in [0.15, 0.2) is 54.2 Å². The van der Waals surface area contributed by atoms with Gasteiger partial charge in [0.05, 0.1) is 19.2 Å². The second-order valence-corrected chi connectivity index (χ2v) is 7.38. The van der Waals surface area contributed by atoms with Gasteiger partial charge in [-0.15, -0.1) is 0 Å². The lowest BCUT2D eigenvalue weighted by Crippen LogP contribution is -2.34. The summed E-state index contributed by atoms with van der Waals surface area (Å²) in [5.74, 6) is 0.0535. The molecular formula is C22H21ClN2O3. The molecule has 28 heavy (non-hydrogen) atoms. The highest BCUT2D eigenvalue weighted by atomic mass is 35.5. The van der Waals surface area contributed by atoms with Crippen LogP contribution in [-0.2, 0) is 16.1 Å². The molecule has 2 aliphatic rings. The number of para-hydroxylation sites is 1. The molecular weight excluding hydrogens is 376 g/mol. The minimum atomic E-state index is -0.286. The van der Waals surface area contributed by atoms with Gasteiger partial charge in [0.1, 0.15) is 11.4 Å². The maximum atomic E-state index is 13.4.